The minimum absolute atomic E-state index is 0.0904. The third-order valence-electron chi connectivity index (χ3n) is 7.36. The van der Waals surface area contributed by atoms with E-state index in [0.717, 1.165) is 87.3 Å². The van der Waals surface area contributed by atoms with Crippen molar-refractivity contribution >= 4 is 17.6 Å². The van der Waals surface area contributed by atoms with Crippen LogP contribution in [0.1, 0.15) is 69.0 Å². The van der Waals surface area contributed by atoms with Crippen LogP contribution < -0.4 is 5.32 Å². The second kappa shape index (κ2) is 10.1. The van der Waals surface area contributed by atoms with Gasteiger partial charge in [0.25, 0.3) is 0 Å². The number of rotatable bonds is 5. The summed E-state index contributed by atoms with van der Waals surface area (Å²) in [6, 6.07) is 0. The first kappa shape index (κ1) is 23.0. The molecule has 0 aromatic carbocycles. The quantitative estimate of drug-likeness (QED) is 0.753. The van der Waals surface area contributed by atoms with Crippen LogP contribution in [-0.2, 0) is 22.6 Å². The summed E-state index contributed by atoms with van der Waals surface area (Å²) < 4.78 is 0. The summed E-state index contributed by atoms with van der Waals surface area (Å²) >= 11 is 0. The molecule has 8 heteroatoms. The summed E-state index contributed by atoms with van der Waals surface area (Å²) in [5.74, 6) is 3.12. The SMILES string of the molecule is CNc1nc(C2CCN(C(=O)CCN3CCC[C@H](C)C3)CC2)nc2c1CCN(C(C)=O)C2. The number of anilines is 1. The second-order valence-electron chi connectivity index (χ2n) is 9.75. The number of fused-ring (bicyclic) bond motifs is 1. The van der Waals surface area contributed by atoms with Crippen molar-refractivity contribution in [3.05, 3.63) is 17.1 Å². The average molecular weight is 443 g/mol. The Bertz CT molecular complexity index is 836. The highest BCUT2D eigenvalue weighted by Gasteiger charge is 2.29. The van der Waals surface area contributed by atoms with E-state index in [1.165, 1.54) is 12.8 Å². The van der Waals surface area contributed by atoms with Crippen LogP contribution in [0.2, 0.25) is 0 Å². The molecule has 0 spiro atoms. The van der Waals surface area contributed by atoms with Crippen molar-refractivity contribution in [3.8, 4) is 0 Å². The number of piperidine rings is 2. The normalized spacial score (nSPS) is 22.5. The fourth-order valence-electron chi connectivity index (χ4n) is 5.40. The van der Waals surface area contributed by atoms with E-state index in [1.807, 2.05) is 16.8 Å². The molecule has 0 unspecified atom stereocenters. The fourth-order valence-corrected chi connectivity index (χ4v) is 5.40. The minimum atomic E-state index is 0.0904. The Morgan fingerprint density at radius 1 is 1.06 bits per heavy atom. The Balaban J connectivity index is 1.34. The maximum atomic E-state index is 12.8. The molecule has 1 N–H and O–H groups in total. The zero-order valence-electron chi connectivity index (χ0n) is 19.9. The van der Waals surface area contributed by atoms with Gasteiger partial charge in [-0.15, -0.1) is 0 Å². The lowest BCUT2D eigenvalue weighted by atomic mass is 9.94. The van der Waals surface area contributed by atoms with Gasteiger partial charge in [-0.05, 0) is 44.6 Å². The molecule has 1 atom stereocenters. The van der Waals surface area contributed by atoms with Gasteiger partial charge in [-0.3, -0.25) is 9.59 Å². The molecule has 2 saturated heterocycles. The summed E-state index contributed by atoms with van der Waals surface area (Å²) in [6.07, 6.45) is 5.76. The molecule has 2 amide bonds. The Kier molecular flexibility index (Phi) is 7.28. The van der Waals surface area contributed by atoms with Gasteiger partial charge in [0.2, 0.25) is 11.8 Å². The van der Waals surface area contributed by atoms with E-state index < -0.39 is 0 Å². The molecule has 0 radical (unpaired) electrons. The van der Waals surface area contributed by atoms with Crippen LogP contribution >= 0.6 is 0 Å². The molecule has 3 aliphatic rings. The number of carbonyl (C=O) groups is 2. The van der Waals surface area contributed by atoms with Gasteiger partial charge in [0.1, 0.15) is 11.6 Å². The van der Waals surface area contributed by atoms with Gasteiger partial charge in [-0.25, -0.2) is 9.97 Å². The smallest absolute Gasteiger partial charge is 0.223 e. The molecule has 0 saturated carbocycles. The summed E-state index contributed by atoms with van der Waals surface area (Å²) in [5.41, 5.74) is 2.10. The monoisotopic (exact) mass is 442 g/mol. The van der Waals surface area contributed by atoms with Crippen LogP contribution in [0, 0.1) is 5.92 Å². The maximum absolute atomic E-state index is 12.8. The topological polar surface area (TPSA) is 81.7 Å². The predicted octanol–water partition coefficient (Wildman–Crippen LogP) is 2.25. The molecule has 8 nitrogen and oxygen atoms in total. The average Bonchev–Trinajstić information content (AvgIpc) is 2.81. The van der Waals surface area contributed by atoms with Crippen molar-refractivity contribution in [1.29, 1.82) is 0 Å². The van der Waals surface area contributed by atoms with Gasteiger partial charge in [-0.2, -0.15) is 0 Å². The highest BCUT2D eigenvalue weighted by Crippen LogP contribution is 2.30. The number of nitrogens with zero attached hydrogens (tertiary/aromatic N) is 5. The first-order valence-electron chi connectivity index (χ1n) is 12.3. The third kappa shape index (κ3) is 5.22. The predicted molar refractivity (Wildman–Crippen MR) is 124 cm³/mol. The number of hydrogen-bond donors (Lipinski definition) is 1. The van der Waals surface area contributed by atoms with Crippen molar-refractivity contribution in [3.63, 3.8) is 0 Å². The summed E-state index contributed by atoms with van der Waals surface area (Å²) in [4.78, 5) is 40.7. The summed E-state index contributed by atoms with van der Waals surface area (Å²) in [7, 11) is 1.90. The highest BCUT2D eigenvalue weighted by molar-refractivity contribution is 5.76. The molecular weight excluding hydrogens is 404 g/mol. The molecule has 32 heavy (non-hydrogen) atoms. The molecule has 2 fully saturated rings. The van der Waals surface area contributed by atoms with E-state index in [-0.39, 0.29) is 17.7 Å². The zero-order chi connectivity index (χ0) is 22.7. The largest absolute Gasteiger partial charge is 0.373 e. The lowest BCUT2D eigenvalue weighted by Gasteiger charge is -2.34. The van der Waals surface area contributed by atoms with Crippen molar-refractivity contribution < 1.29 is 9.59 Å². The van der Waals surface area contributed by atoms with Gasteiger partial charge in [-0.1, -0.05) is 6.92 Å². The van der Waals surface area contributed by atoms with Crippen molar-refractivity contribution in [2.75, 3.05) is 51.6 Å². The summed E-state index contributed by atoms with van der Waals surface area (Å²) in [5, 5.41) is 3.23. The van der Waals surface area contributed by atoms with Crippen molar-refractivity contribution in [2.45, 2.75) is 64.8 Å². The van der Waals surface area contributed by atoms with Gasteiger partial charge >= 0.3 is 0 Å². The number of aromatic nitrogens is 2. The van der Waals surface area contributed by atoms with Gasteiger partial charge in [0, 0.05) is 64.6 Å². The van der Waals surface area contributed by atoms with Gasteiger partial charge < -0.3 is 20.0 Å². The van der Waals surface area contributed by atoms with Crippen LogP contribution in [0.15, 0.2) is 0 Å². The number of carbonyl (C=O) groups excluding carboxylic acids is 2. The number of amides is 2. The Hall–Kier alpha value is -2.22. The van der Waals surface area contributed by atoms with Gasteiger partial charge in [0.15, 0.2) is 0 Å². The fraction of sp³-hybridized carbons (Fsp3) is 0.750. The molecular formula is C24H38N6O2. The first-order valence-corrected chi connectivity index (χ1v) is 12.3. The Morgan fingerprint density at radius 2 is 1.84 bits per heavy atom. The molecule has 3 aliphatic heterocycles. The maximum Gasteiger partial charge on any atom is 0.223 e. The van der Waals surface area contributed by atoms with E-state index in [1.54, 1.807) is 6.92 Å². The second-order valence-corrected chi connectivity index (χ2v) is 9.75. The lowest BCUT2D eigenvalue weighted by molar-refractivity contribution is -0.132. The van der Waals surface area contributed by atoms with Crippen molar-refractivity contribution in [2.24, 2.45) is 5.92 Å². The van der Waals surface area contributed by atoms with E-state index in [0.29, 0.717) is 13.0 Å². The molecule has 0 bridgehead atoms. The first-order chi connectivity index (χ1) is 15.4. The Morgan fingerprint density at radius 3 is 2.53 bits per heavy atom. The van der Waals surface area contributed by atoms with E-state index in [9.17, 15) is 9.59 Å². The van der Waals surface area contributed by atoms with Crippen LogP contribution in [-0.4, -0.2) is 82.8 Å². The summed E-state index contributed by atoms with van der Waals surface area (Å²) in [6.45, 7) is 9.88. The zero-order valence-corrected chi connectivity index (χ0v) is 19.9. The van der Waals surface area contributed by atoms with Crippen LogP contribution in [0.25, 0.3) is 0 Å². The van der Waals surface area contributed by atoms with E-state index in [2.05, 4.69) is 17.1 Å². The molecule has 4 rings (SSSR count). The molecule has 1 aromatic heterocycles. The number of nitrogens with one attached hydrogen (secondary N) is 1. The molecule has 4 heterocycles. The van der Waals surface area contributed by atoms with Crippen molar-refractivity contribution in [1.82, 2.24) is 24.7 Å². The van der Waals surface area contributed by atoms with Crippen LogP contribution in [0.3, 0.4) is 0 Å². The number of likely N-dealkylation sites (tertiary alicyclic amines) is 2. The van der Waals surface area contributed by atoms with Gasteiger partial charge in [0.05, 0.1) is 12.2 Å². The van der Waals surface area contributed by atoms with Crippen LogP contribution in [0.4, 0.5) is 5.82 Å². The van der Waals surface area contributed by atoms with E-state index >= 15 is 0 Å². The third-order valence-corrected chi connectivity index (χ3v) is 7.36. The molecule has 176 valence electrons. The lowest BCUT2D eigenvalue weighted by Crippen LogP contribution is -2.41. The minimum Gasteiger partial charge on any atom is -0.373 e. The standard InChI is InChI=1S/C24H38N6O2/c1-17-5-4-10-28(15-17)11-9-22(32)29-12-6-19(7-13-29)23-26-21-16-30(18(2)31)14-8-20(21)24(25-3)27-23/h17,19H,4-16H2,1-3H3,(H,25,26,27)/t17-/m0/s1. The molecule has 0 aliphatic carbocycles. The highest BCUT2D eigenvalue weighted by atomic mass is 16.2. The molecule has 1 aromatic rings. The van der Waals surface area contributed by atoms with Crippen LogP contribution in [0.5, 0.6) is 0 Å². The van der Waals surface area contributed by atoms with E-state index in [4.69, 9.17) is 9.97 Å². The number of hydrogen-bond acceptors (Lipinski definition) is 6. The Labute approximate surface area is 191 Å².